The molecule has 31 heavy (non-hydrogen) atoms. The fraction of sp³-hybridized carbons (Fsp3) is 0.235. The van der Waals surface area contributed by atoms with Gasteiger partial charge < -0.3 is 15.4 Å². The first-order valence-corrected chi connectivity index (χ1v) is 9.09. The summed E-state index contributed by atoms with van der Waals surface area (Å²) >= 11 is 11.4. The summed E-state index contributed by atoms with van der Waals surface area (Å²) < 4.78 is 43.2. The summed E-state index contributed by atoms with van der Waals surface area (Å²) in [6.07, 6.45) is -4.63. The summed E-state index contributed by atoms with van der Waals surface area (Å²) in [6, 6.07) is 4.58. The molecule has 2 aromatic rings. The van der Waals surface area contributed by atoms with E-state index in [0.717, 1.165) is 12.1 Å². The van der Waals surface area contributed by atoms with E-state index < -0.39 is 40.2 Å². The molecule has 166 valence electrons. The molecule has 9 nitrogen and oxygen atoms in total. The molecule has 0 aliphatic carbocycles. The minimum atomic E-state index is -4.63. The van der Waals surface area contributed by atoms with Crippen LogP contribution in [-0.4, -0.2) is 41.4 Å². The quantitative estimate of drug-likeness (QED) is 0.258. The van der Waals surface area contributed by atoms with E-state index in [1.165, 1.54) is 6.07 Å². The Labute approximate surface area is 182 Å². The number of ether oxygens (including phenoxy) is 1. The number of pyridine rings is 1. The number of carbonyl (C=O) groups is 2. The smallest absolute Gasteiger partial charge is 0.416 e. The van der Waals surface area contributed by atoms with Crippen molar-refractivity contribution < 1.29 is 32.4 Å². The van der Waals surface area contributed by atoms with E-state index in [0.29, 0.717) is 12.1 Å². The Morgan fingerprint density at radius 3 is 2.52 bits per heavy atom. The normalized spacial score (nSPS) is 11.0. The van der Waals surface area contributed by atoms with Gasteiger partial charge in [0, 0.05) is 18.2 Å². The summed E-state index contributed by atoms with van der Waals surface area (Å²) in [6.45, 7) is -0.811. The van der Waals surface area contributed by atoms with Gasteiger partial charge >= 0.3 is 6.18 Å². The van der Waals surface area contributed by atoms with Crippen LogP contribution in [0.4, 0.5) is 18.9 Å². The predicted octanol–water partition coefficient (Wildman–Crippen LogP) is 3.24. The van der Waals surface area contributed by atoms with Crippen LogP contribution in [0.5, 0.6) is 5.88 Å². The molecule has 1 aromatic heterocycles. The average Bonchev–Trinajstić information content (AvgIpc) is 2.68. The fourth-order valence-corrected chi connectivity index (χ4v) is 2.58. The predicted molar refractivity (Wildman–Crippen MR) is 103 cm³/mol. The SMILES string of the molecule is O=C(CNC(=O)c1cc([N+](=O)[O-])ccc1Cl)NCCOc1cc(C(F)(F)F)cc(Cl)n1. The van der Waals surface area contributed by atoms with Gasteiger partial charge in [-0.25, -0.2) is 4.98 Å². The minimum absolute atomic E-state index is 0.0378. The zero-order chi connectivity index (χ0) is 23.2. The van der Waals surface area contributed by atoms with Crippen LogP contribution in [-0.2, 0) is 11.0 Å². The third kappa shape index (κ3) is 7.26. The Morgan fingerprint density at radius 1 is 1.16 bits per heavy atom. The summed E-state index contributed by atoms with van der Waals surface area (Å²) in [5, 5.41) is 14.9. The summed E-state index contributed by atoms with van der Waals surface area (Å²) in [7, 11) is 0. The van der Waals surface area contributed by atoms with Crippen LogP contribution in [0.25, 0.3) is 0 Å². The molecule has 0 fully saturated rings. The van der Waals surface area contributed by atoms with Gasteiger partial charge in [0.2, 0.25) is 11.8 Å². The third-order valence-electron chi connectivity index (χ3n) is 3.59. The topological polar surface area (TPSA) is 123 Å². The number of nitrogens with one attached hydrogen (secondary N) is 2. The van der Waals surface area contributed by atoms with Gasteiger partial charge in [0.25, 0.3) is 11.6 Å². The maximum absolute atomic E-state index is 12.7. The molecule has 1 heterocycles. The van der Waals surface area contributed by atoms with Gasteiger partial charge in [0.15, 0.2) is 0 Å². The number of nitro groups is 1. The summed E-state index contributed by atoms with van der Waals surface area (Å²) in [5.74, 6) is -1.82. The monoisotopic (exact) mass is 480 g/mol. The van der Waals surface area contributed by atoms with Gasteiger partial charge in [-0.15, -0.1) is 0 Å². The zero-order valence-electron chi connectivity index (χ0n) is 15.3. The van der Waals surface area contributed by atoms with Crippen molar-refractivity contribution >= 4 is 40.7 Å². The van der Waals surface area contributed by atoms with Crippen molar-refractivity contribution in [1.82, 2.24) is 15.6 Å². The Morgan fingerprint density at radius 2 is 1.87 bits per heavy atom. The largest absolute Gasteiger partial charge is 0.476 e. The van der Waals surface area contributed by atoms with E-state index in [1.54, 1.807) is 0 Å². The highest BCUT2D eigenvalue weighted by Gasteiger charge is 2.31. The van der Waals surface area contributed by atoms with E-state index in [2.05, 4.69) is 15.6 Å². The Balaban J connectivity index is 1.81. The highest BCUT2D eigenvalue weighted by atomic mass is 35.5. The van der Waals surface area contributed by atoms with Gasteiger partial charge in [-0.1, -0.05) is 23.2 Å². The molecule has 0 spiro atoms. The number of carbonyl (C=O) groups excluding carboxylic acids is 2. The molecule has 14 heteroatoms. The number of benzene rings is 1. The van der Waals surface area contributed by atoms with Crippen molar-refractivity contribution in [2.75, 3.05) is 19.7 Å². The van der Waals surface area contributed by atoms with Crippen LogP contribution in [0.15, 0.2) is 30.3 Å². The highest BCUT2D eigenvalue weighted by Crippen LogP contribution is 2.32. The molecule has 0 aliphatic heterocycles. The molecule has 2 amide bonds. The third-order valence-corrected chi connectivity index (χ3v) is 4.11. The van der Waals surface area contributed by atoms with E-state index in [4.69, 9.17) is 27.9 Å². The molecule has 0 bridgehead atoms. The molecule has 1 aromatic carbocycles. The molecule has 2 rings (SSSR count). The van der Waals surface area contributed by atoms with Gasteiger partial charge in [0.05, 0.1) is 34.2 Å². The number of aromatic nitrogens is 1. The Hall–Kier alpha value is -3.12. The number of nitro benzene ring substituents is 1. The Kier molecular flexibility index (Phi) is 8.00. The molecular formula is C17H13Cl2F3N4O5. The lowest BCUT2D eigenvalue weighted by molar-refractivity contribution is -0.384. The highest BCUT2D eigenvalue weighted by molar-refractivity contribution is 6.34. The van der Waals surface area contributed by atoms with E-state index in [-0.39, 0.29) is 35.3 Å². The first-order valence-electron chi connectivity index (χ1n) is 8.34. The number of amides is 2. The second kappa shape index (κ2) is 10.3. The minimum Gasteiger partial charge on any atom is -0.476 e. The second-order valence-electron chi connectivity index (χ2n) is 5.82. The molecule has 0 atom stereocenters. The van der Waals surface area contributed by atoms with Crippen LogP contribution in [0.2, 0.25) is 10.2 Å². The van der Waals surface area contributed by atoms with Gasteiger partial charge in [-0.05, 0) is 12.1 Å². The van der Waals surface area contributed by atoms with Crippen molar-refractivity contribution in [3.63, 3.8) is 0 Å². The molecule has 0 unspecified atom stereocenters. The van der Waals surface area contributed by atoms with Crippen molar-refractivity contribution in [3.05, 3.63) is 61.7 Å². The molecular weight excluding hydrogens is 468 g/mol. The average molecular weight is 481 g/mol. The van der Waals surface area contributed by atoms with Crippen LogP contribution in [0, 0.1) is 10.1 Å². The van der Waals surface area contributed by atoms with Gasteiger partial charge in [-0.2, -0.15) is 13.2 Å². The number of nitrogens with zero attached hydrogens (tertiary/aromatic N) is 2. The van der Waals surface area contributed by atoms with Crippen molar-refractivity contribution in [1.29, 1.82) is 0 Å². The fourth-order valence-electron chi connectivity index (χ4n) is 2.18. The lowest BCUT2D eigenvalue weighted by Gasteiger charge is -2.11. The second-order valence-corrected chi connectivity index (χ2v) is 6.61. The maximum atomic E-state index is 12.7. The molecule has 0 saturated carbocycles. The van der Waals surface area contributed by atoms with Gasteiger partial charge in [0.1, 0.15) is 11.8 Å². The number of hydrogen-bond acceptors (Lipinski definition) is 6. The molecule has 0 radical (unpaired) electrons. The summed E-state index contributed by atoms with van der Waals surface area (Å²) in [4.78, 5) is 37.5. The van der Waals surface area contributed by atoms with Crippen molar-refractivity contribution in [3.8, 4) is 5.88 Å². The molecule has 0 aliphatic rings. The van der Waals surface area contributed by atoms with Crippen molar-refractivity contribution in [2.45, 2.75) is 6.18 Å². The number of non-ortho nitro benzene ring substituents is 1. The maximum Gasteiger partial charge on any atom is 0.416 e. The van der Waals surface area contributed by atoms with Gasteiger partial charge in [-0.3, -0.25) is 19.7 Å². The number of hydrogen-bond donors (Lipinski definition) is 2. The molecule has 0 saturated heterocycles. The summed E-state index contributed by atoms with van der Waals surface area (Å²) in [5.41, 5.74) is -1.56. The van der Waals surface area contributed by atoms with Crippen LogP contribution in [0.3, 0.4) is 0 Å². The first-order chi connectivity index (χ1) is 14.5. The number of rotatable bonds is 8. The van der Waals surface area contributed by atoms with Crippen LogP contribution in [0.1, 0.15) is 15.9 Å². The standard InChI is InChI=1S/C17H13Cl2F3N4O5/c18-12-2-1-10(26(29)30)7-11(12)16(28)24-8-14(27)23-3-4-31-15-6-9(17(20,21)22)5-13(19)25-15/h1-2,5-7H,3-4,8H2,(H,23,27)(H,24,28). The van der Waals surface area contributed by atoms with Crippen LogP contribution < -0.4 is 15.4 Å². The number of halogens is 5. The molecule has 2 N–H and O–H groups in total. The van der Waals surface area contributed by atoms with E-state index in [9.17, 15) is 32.9 Å². The number of alkyl halides is 3. The van der Waals surface area contributed by atoms with E-state index in [1.807, 2.05) is 0 Å². The van der Waals surface area contributed by atoms with Crippen LogP contribution >= 0.6 is 23.2 Å². The zero-order valence-corrected chi connectivity index (χ0v) is 16.8. The first kappa shape index (κ1) is 24.2. The van der Waals surface area contributed by atoms with E-state index >= 15 is 0 Å². The van der Waals surface area contributed by atoms with Crippen molar-refractivity contribution in [2.24, 2.45) is 0 Å². The lowest BCUT2D eigenvalue weighted by Crippen LogP contribution is -2.38. The Bertz CT molecular complexity index is 1000. The lowest BCUT2D eigenvalue weighted by atomic mass is 10.2.